The summed E-state index contributed by atoms with van der Waals surface area (Å²) in [4.78, 5) is 29.1. The highest BCUT2D eigenvalue weighted by molar-refractivity contribution is 6.05. The number of alkyl halides is 1. The SMILES string of the molecule is O=C1CCN(c2cnc3cc(C#CCO[C@H]4CCNC[C@H]4F)ccn23)C(=O)N1. The summed E-state index contributed by atoms with van der Waals surface area (Å²) in [7, 11) is 0. The largest absolute Gasteiger partial charge is 0.362 e. The van der Waals surface area contributed by atoms with Gasteiger partial charge in [0.2, 0.25) is 5.91 Å². The van der Waals surface area contributed by atoms with E-state index in [0.717, 1.165) is 12.1 Å². The number of hydrogen-bond donors (Lipinski definition) is 2. The predicted molar refractivity (Wildman–Crippen MR) is 99.7 cm³/mol. The van der Waals surface area contributed by atoms with Gasteiger partial charge in [-0.15, -0.1) is 0 Å². The third-order valence-corrected chi connectivity index (χ3v) is 4.77. The average molecular weight is 385 g/mol. The fourth-order valence-electron chi connectivity index (χ4n) is 3.30. The Bertz CT molecular complexity index is 963. The van der Waals surface area contributed by atoms with Crippen molar-refractivity contribution in [2.75, 3.05) is 31.1 Å². The van der Waals surface area contributed by atoms with Crippen LogP contribution >= 0.6 is 0 Å². The summed E-state index contributed by atoms with van der Waals surface area (Å²) < 4.78 is 21.0. The maximum atomic E-state index is 13.7. The van der Waals surface area contributed by atoms with E-state index in [0.29, 0.717) is 31.0 Å². The standard InChI is InChI=1S/C19H20FN5O3/c20-14-11-21-6-3-15(14)28-9-1-2-13-4-7-24-16(10-13)22-12-18(24)25-8-5-17(26)23-19(25)27/h4,7,10,12,14-15,21H,3,5-6,8-9,11H2,(H,23,26,27)/t14-,15+/m1/s1. The van der Waals surface area contributed by atoms with Gasteiger partial charge in [0, 0.05) is 31.3 Å². The van der Waals surface area contributed by atoms with E-state index in [1.807, 2.05) is 0 Å². The molecule has 0 aliphatic carbocycles. The predicted octanol–water partition coefficient (Wildman–Crippen LogP) is 0.849. The number of anilines is 1. The first-order valence-electron chi connectivity index (χ1n) is 9.15. The zero-order chi connectivity index (χ0) is 19.5. The summed E-state index contributed by atoms with van der Waals surface area (Å²) in [6.45, 7) is 1.54. The van der Waals surface area contributed by atoms with Crippen molar-refractivity contribution < 1.29 is 18.7 Å². The van der Waals surface area contributed by atoms with Gasteiger partial charge in [0.1, 0.15) is 24.2 Å². The Morgan fingerprint density at radius 1 is 1.39 bits per heavy atom. The number of halogens is 1. The normalized spacial score (nSPS) is 22.7. The minimum atomic E-state index is -1.00. The van der Waals surface area contributed by atoms with Crippen LogP contribution in [0.2, 0.25) is 0 Å². The Hall–Kier alpha value is -2.96. The summed E-state index contributed by atoms with van der Waals surface area (Å²) >= 11 is 0. The van der Waals surface area contributed by atoms with E-state index in [1.165, 1.54) is 4.90 Å². The fourth-order valence-corrected chi connectivity index (χ4v) is 3.30. The first-order chi connectivity index (χ1) is 13.6. The molecule has 2 aromatic rings. The summed E-state index contributed by atoms with van der Waals surface area (Å²) in [5, 5.41) is 5.28. The number of pyridine rings is 1. The number of urea groups is 1. The highest BCUT2D eigenvalue weighted by atomic mass is 19.1. The third-order valence-electron chi connectivity index (χ3n) is 4.77. The molecule has 2 aliphatic heterocycles. The van der Waals surface area contributed by atoms with Crippen molar-refractivity contribution in [2.45, 2.75) is 25.1 Å². The number of amides is 3. The molecule has 0 spiro atoms. The molecule has 2 aromatic heterocycles. The molecule has 2 fully saturated rings. The minimum absolute atomic E-state index is 0.165. The van der Waals surface area contributed by atoms with Crippen molar-refractivity contribution in [2.24, 2.45) is 0 Å². The number of rotatable bonds is 3. The van der Waals surface area contributed by atoms with E-state index in [-0.39, 0.29) is 18.9 Å². The van der Waals surface area contributed by atoms with Gasteiger partial charge in [-0.3, -0.25) is 19.4 Å². The second kappa shape index (κ2) is 7.96. The van der Waals surface area contributed by atoms with Gasteiger partial charge in [0.25, 0.3) is 0 Å². The van der Waals surface area contributed by atoms with Crippen LogP contribution in [0.1, 0.15) is 18.4 Å². The Kier molecular flexibility index (Phi) is 5.23. The van der Waals surface area contributed by atoms with Crippen LogP contribution in [0.25, 0.3) is 5.65 Å². The van der Waals surface area contributed by atoms with Crippen LogP contribution in [0, 0.1) is 11.8 Å². The molecule has 2 aliphatic rings. The van der Waals surface area contributed by atoms with Gasteiger partial charge < -0.3 is 10.1 Å². The quantitative estimate of drug-likeness (QED) is 0.765. The van der Waals surface area contributed by atoms with Gasteiger partial charge in [-0.25, -0.2) is 14.2 Å². The molecule has 8 nitrogen and oxygen atoms in total. The van der Waals surface area contributed by atoms with Crippen LogP contribution in [0.3, 0.4) is 0 Å². The Balaban J connectivity index is 1.43. The summed E-state index contributed by atoms with van der Waals surface area (Å²) in [6, 6.07) is 3.15. The van der Waals surface area contributed by atoms with Crippen molar-refractivity contribution in [3.8, 4) is 11.8 Å². The second-order valence-electron chi connectivity index (χ2n) is 6.68. The van der Waals surface area contributed by atoms with Crippen LogP contribution in [0.4, 0.5) is 15.0 Å². The number of aromatic nitrogens is 2. The second-order valence-corrected chi connectivity index (χ2v) is 6.68. The Morgan fingerprint density at radius 3 is 3.11 bits per heavy atom. The molecule has 2 saturated heterocycles. The van der Waals surface area contributed by atoms with Gasteiger partial charge in [-0.2, -0.15) is 0 Å². The van der Waals surface area contributed by atoms with E-state index in [4.69, 9.17) is 4.74 Å². The molecular formula is C19H20FN5O3. The van der Waals surface area contributed by atoms with Crippen molar-refractivity contribution in [3.05, 3.63) is 30.1 Å². The molecule has 0 unspecified atom stereocenters. The summed E-state index contributed by atoms with van der Waals surface area (Å²) in [5.74, 6) is 6.21. The molecule has 4 rings (SSSR count). The van der Waals surface area contributed by atoms with Gasteiger partial charge in [-0.1, -0.05) is 11.8 Å². The van der Waals surface area contributed by atoms with E-state index >= 15 is 0 Å². The molecule has 0 bridgehead atoms. The maximum absolute atomic E-state index is 13.7. The molecule has 4 heterocycles. The summed E-state index contributed by atoms with van der Waals surface area (Å²) in [6.07, 6.45) is 2.84. The van der Waals surface area contributed by atoms with Crippen LogP contribution < -0.4 is 15.5 Å². The van der Waals surface area contributed by atoms with Crippen LogP contribution in [-0.4, -0.2) is 59.8 Å². The molecule has 0 saturated carbocycles. The number of fused-ring (bicyclic) bond motifs is 1. The molecular weight excluding hydrogens is 365 g/mol. The van der Waals surface area contributed by atoms with E-state index in [1.54, 1.807) is 28.9 Å². The number of carbonyl (C=O) groups excluding carboxylic acids is 2. The number of piperidine rings is 1. The van der Waals surface area contributed by atoms with Crippen LogP contribution in [0.5, 0.6) is 0 Å². The fraction of sp³-hybridized carbons (Fsp3) is 0.421. The molecule has 2 N–H and O–H groups in total. The Morgan fingerprint density at radius 2 is 2.29 bits per heavy atom. The van der Waals surface area contributed by atoms with Gasteiger partial charge in [0.05, 0.1) is 12.3 Å². The lowest BCUT2D eigenvalue weighted by Gasteiger charge is -2.25. The molecule has 9 heteroatoms. The number of carbonyl (C=O) groups is 2. The number of imidazole rings is 1. The molecule has 0 radical (unpaired) electrons. The van der Waals surface area contributed by atoms with Crippen molar-refractivity contribution >= 4 is 23.4 Å². The molecule has 2 atom stereocenters. The zero-order valence-corrected chi connectivity index (χ0v) is 15.2. The Labute approximate surface area is 161 Å². The highest BCUT2D eigenvalue weighted by Crippen LogP contribution is 2.19. The van der Waals surface area contributed by atoms with Crippen molar-refractivity contribution in [1.82, 2.24) is 20.0 Å². The average Bonchev–Trinajstić information content (AvgIpc) is 3.09. The van der Waals surface area contributed by atoms with Crippen LogP contribution in [-0.2, 0) is 9.53 Å². The lowest BCUT2D eigenvalue weighted by Crippen LogP contribution is -2.50. The maximum Gasteiger partial charge on any atom is 0.329 e. The van der Waals surface area contributed by atoms with E-state index in [2.05, 4.69) is 27.5 Å². The molecule has 28 heavy (non-hydrogen) atoms. The minimum Gasteiger partial charge on any atom is -0.362 e. The number of nitrogens with one attached hydrogen (secondary N) is 2. The topological polar surface area (TPSA) is 88.0 Å². The van der Waals surface area contributed by atoms with Gasteiger partial charge >= 0.3 is 6.03 Å². The van der Waals surface area contributed by atoms with Crippen molar-refractivity contribution in [3.63, 3.8) is 0 Å². The summed E-state index contributed by atoms with van der Waals surface area (Å²) in [5.41, 5.74) is 1.38. The van der Waals surface area contributed by atoms with Crippen molar-refractivity contribution in [1.29, 1.82) is 0 Å². The molecule has 3 amide bonds. The van der Waals surface area contributed by atoms with Crippen LogP contribution in [0.15, 0.2) is 24.5 Å². The first kappa shape index (κ1) is 18.4. The van der Waals surface area contributed by atoms with Gasteiger partial charge in [-0.05, 0) is 25.1 Å². The van der Waals surface area contributed by atoms with E-state index < -0.39 is 18.3 Å². The number of hydrogen-bond acceptors (Lipinski definition) is 5. The first-order valence-corrected chi connectivity index (χ1v) is 9.15. The highest BCUT2D eigenvalue weighted by Gasteiger charge is 2.26. The molecule has 146 valence electrons. The lowest BCUT2D eigenvalue weighted by molar-refractivity contribution is -0.120. The lowest BCUT2D eigenvalue weighted by atomic mass is 10.1. The smallest absolute Gasteiger partial charge is 0.329 e. The number of nitrogens with zero attached hydrogens (tertiary/aromatic N) is 3. The molecule has 0 aromatic carbocycles. The third kappa shape index (κ3) is 3.83. The zero-order valence-electron chi connectivity index (χ0n) is 15.2. The monoisotopic (exact) mass is 385 g/mol. The van der Waals surface area contributed by atoms with Gasteiger partial charge in [0.15, 0.2) is 0 Å². The van der Waals surface area contributed by atoms with E-state index in [9.17, 15) is 14.0 Å². The number of ether oxygens (including phenoxy) is 1. The number of imide groups is 1.